The summed E-state index contributed by atoms with van der Waals surface area (Å²) >= 11 is 0. The fourth-order valence-electron chi connectivity index (χ4n) is 1.77. The second kappa shape index (κ2) is 6.64. The lowest BCUT2D eigenvalue weighted by Crippen LogP contribution is -2.14. The van der Waals surface area contributed by atoms with Gasteiger partial charge in [0.05, 0.1) is 11.9 Å². The molecule has 2 rings (SSSR count). The highest BCUT2D eigenvalue weighted by Gasteiger charge is 2.08. The van der Waals surface area contributed by atoms with Gasteiger partial charge in [-0.3, -0.25) is 9.78 Å². The van der Waals surface area contributed by atoms with Gasteiger partial charge in [0.2, 0.25) is 0 Å². The number of benzene rings is 1. The van der Waals surface area contributed by atoms with E-state index in [4.69, 9.17) is 5.11 Å². The van der Waals surface area contributed by atoms with Gasteiger partial charge >= 0.3 is 0 Å². The molecule has 0 radical (unpaired) electrons. The van der Waals surface area contributed by atoms with Crippen molar-refractivity contribution in [3.8, 4) is 11.8 Å². The maximum Gasteiger partial charge on any atom is 0.275 e. The van der Waals surface area contributed by atoms with Gasteiger partial charge in [-0.25, -0.2) is 4.98 Å². The molecule has 0 unspecified atom stereocenters. The van der Waals surface area contributed by atoms with Crippen molar-refractivity contribution in [1.29, 1.82) is 0 Å². The third-order valence-electron chi connectivity index (χ3n) is 2.66. The Labute approximate surface area is 123 Å². The van der Waals surface area contributed by atoms with E-state index in [2.05, 4.69) is 27.1 Å². The number of hydrogen-bond donors (Lipinski definition) is 2. The van der Waals surface area contributed by atoms with E-state index < -0.39 is 0 Å². The van der Waals surface area contributed by atoms with E-state index in [1.165, 1.54) is 6.20 Å². The average Bonchev–Trinajstić information content (AvgIpc) is 2.45. The first-order valence-electron chi connectivity index (χ1n) is 6.40. The maximum absolute atomic E-state index is 12.1. The highest BCUT2D eigenvalue weighted by atomic mass is 16.2. The molecular formula is C16H15N3O2. The van der Waals surface area contributed by atoms with Crippen LogP contribution in [0.5, 0.6) is 0 Å². The molecule has 1 aromatic heterocycles. The number of nitrogens with zero attached hydrogens (tertiary/aromatic N) is 2. The second-order valence-electron chi connectivity index (χ2n) is 4.54. The van der Waals surface area contributed by atoms with Gasteiger partial charge in [0.1, 0.15) is 12.3 Å². The summed E-state index contributed by atoms with van der Waals surface area (Å²) in [6.07, 6.45) is 2.98. The van der Waals surface area contributed by atoms with Gasteiger partial charge in [0.15, 0.2) is 0 Å². The van der Waals surface area contributed by atoms with E-state index in [-0.39, 0.29) is 18.2 Å². The average molecular weight is 281 g/mol. The Morgan fingerprint density at radius 2 is 2.05 bits per heavy atom. The minimum atomic E-state index is -0.325. The number of carbonyl (C=O) groups is 1. The van der Waals surface area contributed by atoms with Crippen LogP contribution in [-0.4, -0.2) is 27.6 Å². The Hall–Kier alpha value is -2.71. The van der Waals surface area contributed by atoms with E-state index in [0.29, 0.717) is 5.69 Å². The number of nitrogens with one attached hydrogen (secondary N) is 1. The van der Waals surface area contributed by atoms with E-state index in [0.717, 1.165) is 16.8 Å². The molecule has 1 aromatic carbocycles. The van der Waals surface area contributed by atoms with Crippen molar-refractivity contribution in [1.82, 2.24) is 9.97 Å². The van der Waals surface area contributed by atoms with Crippen molar-refractivity contribution in [3.05, 3.63) is 53.1 Å². The first-order chi connectivity index (χ1) is 10.1. The van der Waals surface area contributed by atoms with Crippen molar-refractivity contribution >= 4 is 11.6 Å². The van der Waals surface area contributed by atoms with Crippen molar-refractivity contribution in [3.63, 3.8) is 0 Å². The van der Waals surface area contributed by atoms with Crippen LogP contribution < -0.4 is 5.32 Å². The summed E-state index contributed by atoms with van der Waals surface area (Å²) < 4.78 is 0. The molecular weight excluding hydrogens is 266 g/mol. The number of aryl methyl sites for hydroxylation is 2. The minimum absolute atomic E-state index is 0.200. The lowest BCUT2D eigenvalue weighted by atomic mass is 10.1. The molecule has 106 valence electrons. The summed E-state index contributed by atoms with van der Waals surface area (Å²) in [7, 11) is 0. The van der Waals surface area contributed by atoms with Crippen LogP contribution in [-0.2, 0) is 0 Å². The van der Waals surface area contributed by atoms with E-state index in [1.54, 1.807) is 19.2 Å². The first kappa shape index (κ1) is 14.7. The molecule has 0 bridgehead atoms. The van der Waals surface area contributed by atoms with Crippen molar-refractivity contribution in [2.45, 2.75) is 13.8 Å². The van der Waals surface area contributed by atoms with Crippen LogP contribution in [0.2, 0.25) is 0 Å². The molecule has 1 heterocycles. The molecule has 0 atom stereocenters. The topological polar surface area (TPSA) is 75.1 Å². The van der Waals surface area contributed by atoms with Crippen LogP contribution in [0.3, 0.4) is 0 Å². The quantitative estimate of drug-likeness (QED) is 0.821. The Balaban J connectivity index is 2.20. The molecule has 5 heteroatoms. The third-order valence-corrected chi connectivity index (χ3v) is 2.66. The normalized spacial score (nSPS) is 9.67. The lowest BCUT2D eigenvalue weighted by Gasteiger charge is -2.06. The van der Waals surface area contributed by atoms with Gasteiger partial charge in [-0.05, 0) is 37.6 Å². The minimum Gasteiger partial charge on any atom is -0.384 e. The van der Waals surface area contributed by atoms with Crippen LogP contribution in [0.25, 0.3) is 0 Å². The molecule has 21 heavy (non-hydrogen) atoms. The van der Waals surface area contributed by atoms with E-state index >= 15 is 0 Å². The number of carbonyl (C=O) groups excluding carboxylic acids is 1. The highest BCUT2D eigenvalue weighted by molar-refractivity contribution is 6.02. The Kier molecular flexibility index (Phi) is 4.64. The van der Waals surface area contributed by atoms with Gasteiger partial charge in [-0.15, -0.1) is 0 Å². The maximum atomic E-state index is 12.1. The molecule has 2 N–H and O–H groups in total. The van der Waals surface area contributed by atoms with Crippen LogP contribution in [0.15, 0.2) is 30.6 Å². The number of aromatic nitrogens is 2. The van der Waals surface area contributed by atoms with Crippen molar-refractivity contribution < 1.29 is 9.90 Å². The molecule has 2 aromatic rings. The molecule has 0 fully saturated rings. The Bertz CT molecular complexity index is 713. The SMILES string of the molecule is Cc1cc(C#CCO)cc(NC(=O)c2cnc(C)cn2)c1. The molecule has 1 amide bonds. The molecule has 0 aliphatic carbocycles. The molecule has 5 nitrogen and oxygen atoms in total. The first-order valence-corrected chi connectivity index (χ1v) is 6.40. The number of amides is 1. The predicted octanol–water partition coefficient (Wildman–Crippen LogP) is 1.69. The second-order valence-corrected chi connectivity index (χ2v) is 4.54. The van der Waals surface area contributed by atoms with Crippen LogP contribution in [0.1, 0.15) is 27.3 Å². The number of aliphatic hydroxyl groups is 1. The summed E-state index contributed by atoms with van der Waals surface area (Å²) in [5.74, 6) is 5.07. The smallest absolute Gasteiger partial charge is 0.275 e. The van der Waals surface area contributed by atoms with Crippen LogP contribution >= 0.6 is 0 Å². The fraction of sp³-hybridized carbons (Fsp3) is 0.188. The zero-order chi connectivity index (χ0) is 15.2. The Morgan fingerprint density at radius 1 is 1.24 bits per heavy atom. The van der Waals surface area contributed by atoms with Crippen molar-refractivity contribution in [2.75, 3.05) is 11.9 Å². The molecule has 0 aliphatic rings. The lowest BCUT2D eigenvalue weighted by molar-refractivity contribution is 0.102. The summed E-state index contributed by atoms with van der Waals surface area (Å²) in [4.78, 5) is 20.1. The van der Waals surface area contributed by atoms with Gasteiger partial charge in [-0.1, -0.05) is 11.8 Å². The van der Waals surface area contributed by atoms with Gasteiger partial charge < -0.3 is 10.4 Å². The summed E-state index contributed by atoms with van der Waals surface area (Å²) in [5, 5.41) is 11.5. The fourth-order valence-corrected chi connectivity index (χ4v) is 1.77. The zero-order valence-corrected chi connectivity index (χ0v) is 11.8. The van der Waals surface area contributed by atoms with E-state index in [1.807, 2.05) is 19.1 Å². The number of aliphatic hydroxyl groups excluding tert-OH is 1. The summed E-state index contributed by atoms with van der Waals surface area (Å²) in [6.45, 7) is 3.52. The summed E-state index contributed by atoms with van der Waals surface area (Å²) in [6, 6.07) is 5.46. The molecule has 0 saturated carbocycles. The number of rotatable bonds is 2. The van der Waals surface area contributed by atoms with Gasteiger partial charge in [0.25, 0.3) is 5.91 Å². The molecule has 0 spiro atoms. The molecule has 0 saturated heterocycles. The van der Waals surface area contributed by atoms with Gasteiger partial charge in [-0.2, -0.15) is 0 Å². The van der Waals surface area contributed by atoms with Gasteiger partial charge in [0, 0.05) is 17.4 Å². The van der Waals surface area contributed by atoms with Crippen molar-refractivity contribution in [2.24, 2.45) is 0 Å². The highest BCUT2D eigenvalue weighted by Crippen LogP contribution is 2.14. The predicted molar refractivity (Wildman–Crippen MR) is 79.9 cm³/mol. The van der Waals surface area contributed by atoms with E-state index in [9.17, 15) is 4.79 Å². The monoisotopic (exact) mass is 281 g/mol. The largest absolute Gasteiger partial charge is 0.384 e. The van der Waals surface area contributed by atoms with Crippen LogP contribution in [0, 0.1) is 25.7 Å². The Morgan fingerprint density at radius 3 is 2.71 bits per heavy atom. The number of anilines is 1. The summed E-state index contributed by atoms with van der Waals surface area (Å²) in [5.41, 5.74) is 3.33. The molecule has 0 aliphatic heterocycles. The number of hydrogen-bond acceptors (Lipinski definition) is 4. The van der Waals surface area contributed by atoms with Crippen LogP contribution in [0.4, 0.5) is 5.69 Å². The standard InChI is InChI=1S/C16H15N3O2/c1-11-6-13(4-3-5-20)8-14(7-11)19-16(21)15-10-17-12(2)9-18-15/h6-10,20H,5H2,1-2H3,(H,19,21). The zero-order valence-electron chi connectivity index (χ0n) is 11.8. The third kappa shape index (κ3) is 4.13.